The lowest BCUT2D eigenvalue weighted by Crippen LogP contribution is -3.09. The van der Waals surface area contributed by atoms with Crippen LogP contribution in [-0.4, -0.2) is 36.9 Å². The second kappa shape index (κ2) is 7.26. The average Bonchev–Trinajstić information content (AvgIpc) is 3.39. The molecule has 8 heteroatoms. The van der Waals surface area contributed by atoms with Gasteiger partial charge in [-0.25, -0.2) is 8.42 Å². The summed E-state index contributed by atoms with van der Waals surface area (Å²) in [5, 5.41) is 2.08. The van der Waals surface area contributed by atoms with Gasteiger partial charge in [-0.3, -0.25) is 9.36 Å². The monoisotopic (exact) mass is 394 g/mol. The molecule has 140 valence electrons. The van der Waals surface area contributed by atoms with Crippen LogP contribution in [0.5, 0.6) is 0 Å². The summed E-state index contributed by atoms with van der Waals surface area (Å²) in [4.78, 5) is 15.2. The number of nitrogens with zero attached hydrogens (tertiary/aromatic N) is 2. The van der Waals surface area contributed by atoms with E-state index in [0.717, 1.165) is 32.2 Å². The maximum absolute atomic E-state index is 12.8. The predicted octanol–water partition coefficient (Wildman–Crippen LogP) is 1.07. The van der Waals surface area contributed by atoms with Crippen LogP contribution in [0.2, 0.25) is 0 Å². The van der Waals surface area contributed by atoms with Crippen molar-refractivity contribution in [2.24, 2.45) is 0 Å². The first-order valence-corrected chi connectivity index (χ1v) is 11.5. The fraction of sp³-hybridized carbons (Fsp3) is 0.500. The minimum absolute atomic E-state index is 0.144. The molecule has 1 N–H and O–H groups in total. The van der Waals surface area contributed by atoms with Gasteiger partial charge in [-0.15, -0.1) is 11.3 Å². The van der Waals surface area contributed by atoms with E-state index in [1.807, 2.05) is 0 Å². The molecule has 0 aliphatic carbocycles. The van der Waals surface area contributed by atoms with Crippen molar-refractivity contribution in [3.8, 4) is 0 Å². The van der Waals surface area contributed by atoms with Gasteiger partial charge in [-0.1, -0.05) is 6.07 Å². The van der Waals surface area contributed by atoms with E-state index in [1.165, 1.54) is 32.4 Å². The molecule has 0 amide bonds. The van der Waals surface area contributed by atoms with E-state index in [1.54, 1.807) is 15.9 Å². The van der Waals surface area contributed by atoms with E-state index in [9.17, 15) is 13.2 Å². The summed E-state index contributed by atoms with van der Waals surface area (Å²) in [6, 6.07) is 7.44. The van der Waals surface area contributed by atoms with Gasteiger partial charge in [0.05, 0.1) is 16.3 Å². The van der Waals surface area contributed by atoms with Gasteiger partial charge in [0.15, 0.2) is 6.67 Å². The number of nitrogens with one attached hydrogen (secondary N) is 1. The van der Waals surface area contributed by atoms with Crippen molar-refractivity contribution < 1.29 is 13.3 Å². The van der Waals surface area contributed by atoms with Gasteiger partial charge in [0.1, 0.15) is 6.04 Å². The zero-order valence-corrected chi connectivity index (χ0v) is 16.3. The highest BCUT2D eigenvalue weighted by Gasteiger charge is 2.32. The summed E-state index contributed by atoms with van der Waals surface area (Å²) in [6.07, 6.45) is 5.57. The molecule has 2 aromatic rings. The minimum atomic E-state index is -3.50. The molecule has 0 aromatic carbocycles. The fourth-order valence-corrected chi connectivity index (χ4v) is 6.47. The molecule has 2 aromatic heterocycles. The van der Waals surface area contributed by atoms with Crippen molar-refractivity contribution >= 4 is 21.4 Å². The smallest absolute Gasteiger partial charge is 0.254 e. The molecular weight excluding hydrogens is 370 g/mol. The number of rotatable bonds is 5. The normalized spacial score (nSPS) is 24.3. The Labute approximate surface area is 157 Å². The Kier molecular flexibility index (Phi) is 5.00. The van der Waals surface area contributed by atoms with Gasteiger partial charge in [0, 0.05) is 38.2 Å². The number of hydrogen-bond acceptors (Lipinski definition) is 4. The Morgan fingerprint density at radius 2 is 1.96 bits per heavy atom. The molecule has 4 heterocycles. The van der Waals surface area contributed by atoms with Crippen LogP contribution in [0.25, 0.3) is 0 Å². The topological polar surface area (TPSA) is 63.8 Å². The standard InChI is InChI=1S/C18H23N3O3S2/c22-18-8-7-15(26(23,24)21-10-1-2-11-21)13-20(18)14-19-9-3-5-16(19)17-6-4-12-25-17/h4,6-8,12-13,16H,1-3,5,9-11,14H2/p+1/t16-/m0/s1. The maximum atomic E-state index is 12.8. The lowest BCUT2D eigenvalue weighted by molar-refractivity contribution is -0.940. The first-order chi connectivity index (χ1) is 12.6. The van der Waals surface area contributed by atoms with Crippen LogP contribution in [0, 0.1) is 0 Å². The van der Waals surface area contributed by atoms with Crippen molar-refractivity contribution in [2.45, 2.75) is 43.3 Å². The number of aromatic nitrogens is 1. The predicted molar refractivity (Wildman–Crippen MR) is 101 cm³/mol. The van der Waals surface area contributed by atoms with E-state index in [-0.39, 0.29) is 10.5 Å². The van der Waals surface area contributed by atoms with Crippen LogP contribution in [-0.2, 0) is 16.7 Å². The summed E-state index contributed by atoms with van der Waals surface area (Å²) >= 11 is 1.75. The van der Waals surface area contributed by atoms with Crippen LogP contribution >= 0.6 is 11.3 Å². The number of pyridine rings is 1. The SMILES string of the molecule is O=c1ccc(S(=O)(=O)N2CCCC2)cn1C[NH+]1CCC[C@H]1c1cccs1. The Balaban J connectivity index is 1.60. The Bertz CT molecular complexity index is 915. The van der Waals surface area contributed by atoms with Crippen molar-refractivity contribution in [1.29, 1.82) is 0 Å². The summed E-state index contributed by atoms with van der Waals surface area (Å²) in [7, 11) is -3.50. The van der Waals surface area contributed by atoms with Crippen LogP contribution in [0.3, 0.4) is 0 Å². The van der Waals surface area contributed by atoms with Gasteiger partial charge in [0.25, 0.3) is 5.56 Å². The van der Waals surface area contributed by atoms with Crippen molar-refractivity contribution in [1.82, 2.24) is 8.87 Å². The van der Waals surface area contributed by atoms with Gasteiger partial charge >= 0.3 is 0 Å². The van der Waals surface area contributed by atoms with Crippen molar-refractivity contribution in [3.63, 3.8) is 0 Å². The minimum Gasteiger partial charge on any atom is -0.311 e. The molecule has 2 fully saturated rings. The average molecular weight is 395 g/mol. The zero-order valence-electron chi connectivity index (χ0n) is 14.6. The number of thiophene rings is 1. The molecule has 26 heavy (non-hydrogen) atoms. The highest BCUT2D eigenvalue weighted by molar-refractivity contribution is 7.89. The Hall–Kier alpha value is -1.48. The van der Waals surface area contributed by atoms with Crippen LogP contribution in [0.1, 0.15) is 36.6 Å². The molecule has 4 rings (SSSR count). The van der Waals surface area contributed by atoms with E-state index in [2.05, 4.69) is 17.5 Å². The summed E-state index contributed by atoms with van der Waals surface area (Å²) < 4.78 is 28.7. The number of hydrogen-bond donors (Lipinski definition) is 1. The third kappa shape index (κ3) is 3.38. The third-order valence-corrected chi connectivity index (χ3v) is 8.27. The first kappa shape index (κ1) is 17.9. The summed E-state index contributed by atoms with van der Waals surface area (Å²) in [5.41, 5.74) is -0.144. The zero-order chi connectivity index (χ0) is 18.1. The van der Waals surface area contributed by atoms with Gasteiger partial charge in [-0.2, -0.15) is 4.31 Å². The van der Waals surface area contributed by atoms with E-state index in [0.29, 0.717) is 25.8 Å². The quantitative estimate of drug-likeness (QED) is 0.825. The second-order valence-corrected chi connectivity index (χ2v) is 9.98. The third-order valence-electron chi connectivity index (χ3n) is 5.40. The van der Waals surface area contributed by atoms with Gasteiger partial charge in [0.2, 0.25) is 10.0 Å². The Morgan fingerprint density at radius 1 is 1.15 bits per heavy atom. The largest absolute Gasteiger partial charge is 0.311 e. The lowest BCUT2D eigenvalue weighted by Gasteiger charge is -2.22. The molecule has 2 atom stereocenters. The van der Waals surface area contributed by atoms with E-state index >= 15 is 0 Å². The molecule has 0 bridgehead atoms. The molecule has 2 saturated heterocycles. The molecule has 2 aliphatic heterocycles. The van der Waals surface area contributed by atoms with E-state index in [4.69, 9.17) is 0 Å². The number of quaternary nitrogens is 1. The van der Waals surface area contributed by atoms with Crippen LogP contribution in [0.15, 0.2) is 45.5 Å². The van der Waals surface area contributed by atoms with Gasteiger partial charge in [-0.05, 0) is 30.4 Å². The molecule has 2 aliphatic rings. The highest BCUT2D eigenvalue weighted by atomic mass is 32.2. The molecule has 0 spiro atoms. The van der Waals surface area contributed by atoms with Crippen LogP contribution < -0.4 is 10.5 Å². The summed E-state index contributed by atoms with van der Waals surface area (Å²) in [5.74, 6) is 0. The number of sulfonamides is 1. The molecule has 1 unspecified atom stereocenters. The van der Waals surface area contributed by atoms with Crippen molar-refractivity contribution in [3.05, 3.63) is 51.1 Å². The summed E-state index contributed by atoms with van der Waals surface area (Å²) in [6.45, 7) is 2.64. The Morgan fingerprint density at radius 3 is 2.69 bits per heavy atom. The molecular formula is C18H24N3O3S2+. The van der Waals surface area contributed by atoms with Gasteiger partial charge < -0.3 is 4.90 Å². The van der Waals surface area contributed by atoms with E-state index < -0.39 is 10.0 Å². The maximum Gasteiger partial charge on any atom is 0.254 e. The van der Waals surface area contributed by atoms with Crippen LogP contribution in [0.4, 0.5) is 0 Å². The number of likely N-dealkylation sites (tertiary alicyclic amines) is 1. The molecule has 6 nitrogen and oxygen atoms in total. The first-order valence-electron chi connectivity index (χ1n) is 9.14. The molecule has 0 saturated carbocycles. The van der Waals surface area contributed by atoms with Crippen molar-refractivity contribution in [2.75, 3.05) is 19.6 Å². The molecule has 0 radical (unpaired) electrons. The highest BCUT2D eigenvalue weighted by Crippen LogP contribution is 2.23. The fourth-order valence-electron chi connectivity index (χ4n) is 4.02. The lowest BCUT2D eigenvalue weighted by atomic mass is 10.2. The second-order valence-electron chi connectivity index (χ2n) is 7.06.